The summed E-state index contributed by atoms with van der Waals surface area (Å²) in [6.07, 6.45) is 0.528. The summed E-state index contributed by atoms with van der Waals surface area (Å²) in [6, 6.07) is 0. The van der Waals surface area contributed by atoms with E-state index in [1.807, 2.05) is 27.7 Å². The van der Waals surface area contributed by atoms with E-state index in [1.54, 1.807) is 0 Å². The van der Waals surface area contributed by atoms with Crippen molar-refractivity contribution in [2.24, 2.45) is 0 Å². The van der Waals surface area contributed by atoms with Crippen LogP contribution in [-0.4, -0.2) is 64.0 Å². The van der Waals surface area contributed by atoms with Crippen molar-refractivity contribution in [3.8, 4) is 0 Å². The zero-order chi connectivity index (χ0) is 28.3. The van der Waals surface area contributed by atoms with Crippen molar-refractivity contribution in [3.05, 3.63) is 16.7 Å². The van der Waals surface area contributed by atoms with E-state index in [0.29, 0.717) is 12.8 Å². The fourth-order valence-electron chi connectivity index (χ4n) is 2.65. The number of ether oxygens (including phenoxy) is 1. The molecule has 21 heteroatoms. The zero-order valence-electron chi connectivity index (χ0n) is 20.1. The smallest absolute Gasteiger partial charge is 0.400 e. The van der Waals surface area contributed by atoms with Gasteiger partial charge in [0.1, 0.15) is 6.23 Å². The summed E-state index contributed by atoms with van der Waals surface area (Å²) >= 11 is 0. The van der Waals surface area contributed by atoms with Gasteiger partial charge in [-0.1, -0.05) is 27.7 Å². The number of anilines is 1. The van der Waals surface area contributed by atoms with Gasteiger partial charge in [-0.2, -0.15) is 13.6 Å². The molecule has 0 spiro atoms. The molecule has 1 saturated heterocycles. The van der Waals surface area contributed by atoms with E-state index in [9.17, 15) is 23.4 Å². The molecule has 0 radical (unpaired) electrons. The van der Waals surface area contributed by atoms with E-state index >= 15 is 0 Å². The number of nitrogens with zero attached hydrogens (tertiary/aromatic N) is 3. The molecule has 4 atom stereocenters. The Morgan fingerprint density at radius 1 is 1.08 bits per heavy atom. The minimum absolute atomic E-state index is 0.0320. The molecule has 0 aliphatic carbocycles. The molecule has 18 nitrogen and oxygen atoms in total. The van der Waals surface area contributed by atoms with Gasteiger partial charge in [-0.15, -0.1) is 0 Å². The third-order valence-electron chi connectivity index (χ3n) is 3.69. The number of nitrogens with one attached hydrogen (secondary N) is 1. The number of phosphoric ester groups is 1. The second kappa shape index (κ2) is 15.0. The molecule has 210 valence electrons. The van der Waals surface area contributed by atoms with Gasteiger partial charge in [0.05, 0.1) is 19.0 Å². The van der Waals surface area contributed by atoms with Crippen LogP contribution in [0.4, 0.5) is 5.95 Å². The number of hydrogen-bond acceptors (Lipinski definition) is 12. The van der Waals surface area contributed by atoms with Crippen molar-refractivity contribution >= 4 is 40.6 Å². The van der Waals surface area contributed by atoms with Gasteiger partial charge in [0.25, 0.3) is 5.56 Å². The molecule has 0 amide bonds. The maximum Gasteiger partial charge on any atom is 0.490 e. The zero-order valence-corrected chi connectivity index (χ0v) is 22.8. The first-order valence-electron chi connectivity index (χ1n) is 10.4. The number of H-pyrrole nitrogens is 1. The Bertz CT molecular complexity index is 1150. The van der Waals surface area contributed by atoms with Gasteiger partial charge in [-0.05, 0) is 12.8 Å². The largest absolute Gasteiger partial charge is 0.490 e. The van der Waals surface area contributed by atoms with Crippen LogP contribution < -0.4 is 11.3 Å². The van der Waals surface area contributed by atoms with E-state index in [2.05, 4.69) is 28.1 Å². The topological polar surface area (TPSA) is 279 Å². The van der Waals surface area contributed by atoms with Crippen molar-refractivity contribution in [3.63, 3.8) is 0 Å². The average molecular weight is 583 g/mol. The first-order chi connectivity index (χ1) is 16.7. The van der Waals surface area contributed by atoms with Crippen molar-refractivity contribution in [1.82, 2.24) is 19.5 Å². The number of phosphoric acid groups is 3. The number of imidazole rings is 1. The molecule has 0 bridgehead atoms. The van der Waals surface area contributed by atoms with Crippen LogP contribution in [0.3, 0.4) is 0 Å². The Morgan fingerprint density at radius 3 is 2.22 bits per heavy atom. The van der Waals surface area contributed by atoms with E-state index in [0.717, 1.165) is 7.11 Å². The number of fused-ring (bicyclic) bond motifs is 1. The van der Waals surface area contributed by atoms with Gasteiger partial charge in [-0.25, -0.2) is 18.7 Å². The number of aromatic nitrogens is 4. The Balaban J connectivity index is 0.00000190. The standard InChI is InChI=1S/C10H16N5O12P3.2C2H6.CH4O/c11-10-13-8-7(9(16)14-10)12-4-15(8)6-2-1-5(25-6)3-24-29(20,21)27-30(22,23)26-28(17,18)19;3*1-2/h4-6H,1-3H2,(H,20,21)(H,22,23)(H2,17,18,19)(H3,11,13,14,16);2*1-2H3;2H,1H3. The highest BCUT2D eigenvalue weighted by atomic mass is 31.3. The summed E-state index contributed by atoms with van der Waals surface area (Å²) in [5.74, 6) is -0.128. The van der Waals surface area contributed by atoms with Gasteiger partial charge in [-0.3, -0.25) is 18.9 Å². The molecule has 2 aromatic heterocycles. The predicted octanol–water partition coefficient (Wildman–Crippen LogP) is 1.38. The first-order valence-corrected chi connectivity index (χ1v) is 14.9. The van der Waals surface area contributed by atoms with Crippen LogP contribution >= 0.6 is 23.5 Å². The van der Waals surface area contributed by atoms with Crippen molar-refractivity contribution < 1.29 is 56.3 Å². The summed E-state index contributed by atoms with van der Waals surface area (Å²) in [6.45, 7) is 7.42. The number of nitrogen functional groups attached to an aromatic ring is 1. The van der Waals surface area contributed by atoms with Crippen LogP contribution in [0.15, 0.2) is 11.1 Å². The van der Waals surface area contributed by atoms with Crippen LogP contribution in [-0.2, 0) is 31.6 Å². The highest BCUT2D eigenvalue weighted by Crippen LogP contribution is 2.66. The summed E-state index contributed by atoms with van der Waals surface area (Å²) in [5, 5.41) is 7.00. The second-order valence-electron chi connectivity index (χ2n) is 5.95. The Kier molecular flexibility index (Phi) is 14.4. The van der Waals surface area contributed by atoms with E-state index < -0.39 is 48.0 Å². The first kappa shape index (κ1) is 34.5. The lowest BCUT2D eigenvalue weighted by Gasteiger charge is -2.18. The molecule has 1 aliphatic heterocycles. The monoisotopic (exact) mass is 583 g/mol. The van der Waals surface area contributed by atoms with Gasteiger partial charge >= 0.3 is 23.5 Å². The summed E-state index contributed by atoms with van der Waals surface area (Å²) in [5.41, 5.74) is 5.17. The molecule has 36 heavy (non-hydrogen) atoms. The van der Waals surface area contributed by atoms with Crippen LogP contribution in [0.25, 0.3) is 11.2 Å². The van der Waals surface area contributed by atoms with Crippen molar-refractivity contribution in [1.29, 1.82) is 0 Å². The van der Waals surface area contributed by atoms with Crippen molar-refractivity contribution in [2.75, 3.05) is 19.5 Å². The molecule has 0 aromatic carbocycles. The fraction of sp³-hybridized carbons (Fsp3) is 0.667. The highest BCUT2D eigenvalue weighted by Gasteiger charge is 2.41. The average Bonchev–Trinajstić information content (AvgIpc) is 3.41. The summed E-state index contributed by atoms with van der Waals surface area (Å²) in [4.78, 5) is 57.6. The normalized spacial score (nSPS) is 20.5. The SMILES string of the molecule is CC.CC.CO.Nc1nc2c(ncn2C2CCC(COP(=O)(O)OP(=O)(O)OP(=O)(O)O)O2)c(=O)[nH]1. The van der Waals surface area contributed by atoms with Crippen LogP contribution in [0.5, 0.6) is 0 Å². The Hall–Kier alpha value is -1.52. The Labute approximate surface area is 205 Å². The molecular formula is C15H32N5O13P3. The number of aromatic amines is 1. The number of rotatable bonds is 8. The number of nitrogens with two attached hydrogens (primary N) is 1. The summed E-state index contributed by atoms with van der Waals surface area (Å²) in [7, 11) is -15.3. The maximum atomic E-state index is 11.8. The van der Waals surface area contributed by atoms with Gasteiger partial charge in [0, 0.05) is 7.11 Å². The molecule has 3 heterocycles. The third kappa shape index (κ3) is 10.8. The molecular weight excluding hydrogens is 551 g/mol. The highest BCUT2D eigenvalue weighted by molar-refractivity contribution is 7.66. The third-order valence-corrected chi connectivity index (χ3v) is 7.49. The molecule has 0 saturated carbocycles. The minimum Gasteiger partial charge on any atom is -0.400 e. The Morgan fingerprint density at radius 2 is 1.67 bits per heavy atom. The minimum atomic E-state index is -5.59. The number of hydrogen-bond donors (Lipinski definition) is 7. The van der Waals surface area contributed by atoms with Gasteiger partial charge in [0.15, 0.2) is 11.2 Å². The molecule has 2 aromatic rings. The quantitative estimate of drug-likeness (QED) is 0.216. The predicted molar refractivity (Wildman–Crippen MR) is 126 cm³/mol. The molecule has 1 aliphatic rings. The lowest BCUT2D eigenvalue weighted by molar-refractivity contribution is -0.0205. The molecule has 4 unspecified atom stereocenters. The van der Waals surface area contributed by atoms with Crippen LogP contribution in [0.1, 0.15) is 46.8 Å². The number of aliphatic hydroxyl groups excluding tert-OH is 1. The molecule has 8 N–H and O–H groups in total. The van der Waals surface area contributed by atoms with Crippen LogP contribution in [0, 0.1) is 0 Å². The second-order valence-corrected chi connectivity index (χ2v) is 10.4. The van der Waals surface area contributed by atoms with E-state index in [4.69, 9.17) is 30.3 Å². The lowest BCUT2D eigenvalue weighted by Crippen LogP contribution is -2.17. The number of aliphatic hydroxyl groups is 1. The van der Waals surface area contributed by atoms with Crippen LogP contribution in [0.2, 0.25) is 0 Å². The van der Waals surface area contributed by atoms with Gasteiger partial charge in [0.2, 0.25) is 5.95 Å². The lowest BCUT2D eigenvalue weighted by atomic mass is 10.2. The molecule has 1 fully saturated rings. The maximum absolute atomic E-state index is 11.8. The summed E-state index contributed by atoms with van der Waals surface area (Å²) < 4.78 is 52.5. The van der Waals surface area contributed by atoms with E-state index in [-0.39, 0.29) is 17.1 Å². The fourth-order valence-corrected chi connectivity index (χ4v) is 5.70. The molecule has 3 rings (SSSR count). The van der Waals surface area contributed by atoms with Crippen molar-refractivity contribution in [2.45, 2.75) is 52.9 Å². The van der Waals surface area contributed by atoms with Gasteiger partial charge < -0.3 is 35.2 Å². The van der Waals surface area contributed by atoms with E-state index in [1.165, 1.54) is 10.9 Å².